The van der Waals surface area contributed by atoms with Gasteiger partial charge in [-0.25, -0.2) is 0 Å². The molecule has 0 aliphatic rings. The number of rotatable bonds is 5. The predicted molar refractivity (Wildman–Crippen MR) is 76.7 cm³/mol. The van der Waals surface area contributed by atoms with E-state index in [1.165, 1.54) is 0 Å². The number of hydrogen-bond donors (Lipinski definition) is 1. The van der Waals surface area contributed by atoms with Gasteiger partial charge in [0.2, 0.25) is 0 Å². The molecule has 0 radical (unpaired) electrons. The first-order valence-electron chi connectivity index (χ1n) is 6.59. The number of para-hydroxylation sites is 1. The van der Waals surface area contributed by atoms with Crippen molar-refractivity contribution >= 4 is 5.91 Å². The zero-order chi connectivity index (χ0) is 14.5. The lowest BCUT2D eigenvalue weighted by atomic mass is 10.1. The van der Waals surface area contributed by atoms with Crippen LogP contribution in [0.5, 0.6) is 5.75 Å². The molecule has 1 heterocycles. The molecule has 106 valence electrons. The van der Waals surface area contributed by atoms with Gasteiger partial charge in [0.25, 0.3) is 5.91 Å². The summed E-state index contributed by atoms with van der Waals surface area (Å²) in [5.74, 6) is 1.33. The average Bonchev–Trinajstić information content (AvgIpc) is 2.92. The maximum absolute atomic E-state index is 11.9. The van der Waals surface area contributed by atoms with Crippen molar-refractivity contribution in [2.24, 2.45) is 0 Å². The van der Waals surface area contributed by atoms with E-state index in [0.29, 0.717) is 0 Å². The number of benzene rings is 1. The summed E-state index contributed by atoms with van der Waals surface area (Å²) >= 11 is 0. The fourth-order valence-electron chi connectivity index (χ4n) is 2.06. The molecular weight excluding hydrogens is 254 g/mol. The molecule has 0 aliphatic carbocycles. The second-order valence-electron chi connectivity index (χ2n) is 4.81. The normalized spacial score (nSPS) is 11.9. The summed E-state index contributed by atoms with van der Waals surface area (Å²) in [5, 5.41) is 2.83. The third kappa shape index (κ3) is 3.41. The third-order valence-corrected chi connectivity index (χ3v) is 3.10. The monoisotopic (exact) mass is 273 g/mol. The van der Waals surface area contributed by atoms with Gasteiger partial charge in [-0.05, 0) is 44.0 Å². The Morgan fingerprint density at radius 2 is 1.95 bits per heavy atom. The van der Waals surface area contributed by atoms with Crippen LogP contribution in [0, 0.1) is 13.8 Å². The Hall–Kier alpha value is -2.23. The van der Waals surface area contributed by atoms with Crippen LogP contribution in [0.4, 0.5) is 0 Å². The van der Waals surface area contributed by atoms with Crippen LogP contribution in [0.15, 0.2) is 41.0 Å². The molecule has 2 rings (SSSR count). The molecule has 0 bridgehead atoms. The van der Waals surface area contributed by atoms with Crippen molar-refractivity contribution in [1.29, 1.82) is 0 Å². The Morgan fingerprint density at radius 3 is 2.55 bits per heavy atom. The number of hydrogen-bond acceptors (Lipinski definition) is 3. The van der Waals surface area contributed by atoms with Crippen LogP contribution in [-0.2, 0) is 4.79 Å². The molecule has 0 aliphatic heterocycles. The maximum Gasteiger partial charge on any atom is 0.258 e. The van der Waals surface area contributed by atoms with Gasteiger partial charge in [-0.1, -0.05) is 18.2 Å². The zero-order valence-corrected chi connectivity index (χ0v) is 12.0. The van der Waals surface area contributed by atoms with E-state index in [0.717, 1.165) is 22.6 Å². The second kappa shape index (κ2) is 6.28. The molecule has 0 spiro atoms. The van der Waals surface area contributed by atoms with Crippen molar-refractivity contribution in [3.05, 3.63) is 53.5 Å². The molecule has 0 fully saturated rings. The lowest BCUT2D eigenvalue weighted by Crippen LogP contribution is -2.31. The molecule has 20 heavy (non-hydrogen) atoms. The van der Waals surface area contributed by atoms with E-state index in [1.54, 1.807) is 12.3 Å². The molecule has 0 saturated heterocycles. The summed E-state index contributed by atoms with van der Waals surface area (Å²) in [6, 6.07) is 9.36. The topological polar surface area (TPSA) is 51.5 Å². The van der Waals surface area contributed by atoms with Gasteiger partial charge in [0.1, 0.15) is 11.5 Å². The number of amides is 1. The standard InChI is InChI=1S/C16H19NO3/c1-11-6-4-7-12(2)16(11)20-10-15(18)17-13(3)14-8-5-9-19-14/h4-9,13H,10H2,1-3H3,(H,17,18)/t13-/m0/s1. The van der Waals surface area contributed by atoms with Gasteiger partial charge in [-0.2, -0.15) is 0 Å². The highest BCUT2D eigenvalue weighted by atomic mass is 16.5. The number of nitrogens with one attached hydrogen (secondary N) is 1. The van der Waals surface area contributed by atoms with E-state index in [4.69, 9.17) is 9.15 Å². The summed E-state index contributed by atoms with van der Waals surface area (Å²) in [6.45, 7) is 5.80. The van der Waals surface area contributed by atoms with Gasteiger partial charge in [-0.15, -0.1) is 0 Å². The third-order valence-electron chi connectivity index (χ3n) is 3.10. The van der Waals surface area contributed by atoms with Crippen LogP contribution in [0.25, 0.3) is 0 Å². The molecule has 1 amide bonds. The number of furan rings is 1. The molecular formula is C16H19NO3. The largest absolute Gasteiger partial charge is 0.483 e. The molecule has 1 aromatic heterocycles. The van der Waals surface area contributed by atoms with Crippen LogP contribution < -0.4 is 10.1 Å². The molecule has 4 nitrogen and oxygen atoms in total. The van der Waals surface area contributed by atoms with Crippen molar-refractivity contribution in [2.75, 3.05) is 6.61 Å². The maximum atomic E-state index is 11.9. The number of ether oxygens (including phenoxy) is 1. The minimum atomic E-state index is -0.170. The smallest absolute Gasteiger partial charge is 0.258 e. The summed E-state index contributed by atoms with van der Waals surface area (Å²) in [6.07, 6.45) is 1.59. The van der Waals surface area contributed by atoms with Gasteiger partial charge in [0.05, 0.1) is 12.3 Å². The molecule has 0 saturated carbocycles. The second-order valence-corrected chi connectivity index (χ2v) is 4.81. The Morgan fingerprint density at radius 1 is 1.25 bits per heavy atom. The van der Waals surface area contributed by atoms with Crippen LogP contribution in [0.3, 0.4) is 0 Å². The predicted octanol–water partition coefficient (Wildman–Crippen LogP) is 3.15. The molecule has 1 N–H and O–H groups in total. The summed E-state index contributed by atoms with van der Waals surface area (Å²) in [4.78, 5) is 11.9. The SMILES string of the molecule is Cc1cccc(C)c1OCC(=O)N[C@@H](C)c1ccco1. The van der Waals surface area contributed by atoms with Crippen LogP contribution >= 0.6 is 0 Å². The quantitative estimate of drug-likeness (QED) is 0.910. The molecule has 0 unspecified atom stereocenters. The first-order chi connectivity index (χ1) is 9.58. The van der Waals surface area contributed by atoms with Gasteiger partial charge in [0.15, 0.2) is 6.61 Å². The van der Waals surface area contributed by atoms with Gasteiger partial charge in [0, 0.05) is 0 Å². The van der Waals surface area contributed by atoms with Crippen molar-refractivity contribution < 1.29 is 13.9 Å². The van der Waals surface area contributed by atoms with Gasteiger partial charge < -0.3 is 14.5 Å². The van der Waals surface area contributed by atoms with Crippen molar-refractivity contribution in [3.8, 4) is 5.75 Å². The van der Waals surface area contributed by atoms with Crippen LogP contribution in [-0.4, -0.2) is 12.5 Å². The number of aryl methyl sites for hydroxylation is 2. The van der Waals surface area contributed by atoms with E-state index >= 15 is 0 Å². The summed E-state index contributed by atoms with van der Waals surface area (Å²) < 4.78 is 10.8. The van der Waals surface area contributed by atoms with Crippen LogP contribution in [0.1, 0.15) is 29.9 Å². The van der Waals surface area contributed by atoms with E-state index in [2.05, 4.69) is 5.32 Å². The van der Waals surface area contributed by atoms with E-state index in [-0.39, 0.29) is 18.6 Å². The van der Waals surface area contributed by atoms with E-state index < -0.39 is 0 Å². The summed E-state index contributed by atoms with van der Waals surface area (Å²) in [7, 11) is 0. The molecule has 1 atom stereocenters. The Labute approximate surface area is 118 Å². The average molecular weight is 273 g/mol. The highest BCUT2D eigenvalue weighted by Gasteiger charge is 2.13. The van der Waals surface area contributed by atoms with Crippen LogP contribution in [0.2, 0.25) is 0 Å². The highest BCUT2D eigenvalue weighted by molar-refractivity contribution is 5.78. The number of carbonyl (C=O) groups is 1. The Kier molecular flexibility index (Phi) is 4.45. The summed E-state index contributed by atoms with van der Waals surface area (Å²) in [5.41, 5.74) is 2.05. The lowest BCUT2D eigenvalue weighted by molar-refractivity contribution is -0.123. The van der Waals surface area contributed by atoms with E-state index in [1.807, 2.05) is 45.0 Å². The highest BCUT2D eigenvalue weighted by Crippen LogP contribution is 2.22. The molecule has 2 aromatic rings. The molecule has 1 aromatic carbocycles. The number of carbonyl (C=O) groups excluding carboxylic acids is 1. The zero-order valence-electron chi connectivity index (χ0n) is 12.0. The first kappa shape index (κ1) is 14.2. The van der Waals surface area contributed by atoms with Crippen molar-refractivity contribution in [1.82, 2.24) is 5.32 Å². The minimum Gasteiger partial charge on any atom is -0.483 e. The van der Waals surface area contributed by atoms with Gasteiger partial charge in [-0.3, -0.25) is 4.79 Å². The van der Waals surface area contributed by atoms with E-state index in [9.17, 15) is 4.79 Å². The first-order valence-corrected chi connectivity index (χ1v) is 6.59. The van der Waals surface area contributed by atoms with Gasteiger partial charge >= 0.3 is 0 Å². The van der Waals surface area contributed by atoms with Crippen molar-refractivity contribution in [3.63, 3.8) is 0 Å². The Balaban J connectivity index is 1.89. The fraction of sp³-hybridized carbons (Fsp3) is 0.312. The Bertz CT molecular complexity index is 555. The van der Waals surface area contributed by atoms with Crippen molar-refractivity contribution in [2.45, 2.75) is 26.8 Å². The lowest BCUT2D eigenvalue weighted by Gasteiger charge is -2.14. The minimum absolute atomic E-state index is 0.00323. The molecule has 4 heteroatoms. The fourth-order valence-corrected chi connectivity index (χ4v) is 2.06.